The fraction of sp³-hybridized carbons (Fsp3) is 0.444. The third-order valence-electron chi connectivity index (χ3n) is 3.90. The largest absolute Gasteiger partial charge is 0.454 e. The predicted octanol–water partition coefficient (Wildman–Crippen LogP) is 2.07. The molecule has 0 fully saturated rings. The Balaban J connectivity index is 1.92. The van der Waals surface area contributed by atoms with Crippen LogP contribution in [-0.4, -0.2) is 46.4 Å². The van der Waals surface area contributed by atoms with E-state index in [0.29, 0.717) is 5.75 Å². The number of nitrogens with one attached hydrogen (secondary N) is 2. The number of urea groups is 1. The molecule has 0 radical (unpaired) electrons. The maximum atomic E-state index is 12.2. The summed E-state index contributed by atoms with van der Waals surface area (Å²) in [5, 5.41) is 4.73. The van der Waals surface area contributed by atoms with Gasteiger partial charge in [-0.05, 0) is 31.7 Å². The lowest BCUT2D eigenvalue weighted by atomic mass is 10.3. The van der Waals surface area contributed by atoms with Gasteiger partial charge in [0.15, 0.2) is 6.61 Å². The summed E-state index contributed by atoms with van der Waals surface area (Å²) in [6.45, 7) is 3.17. The van der Waals surface area contributed by atoms with Crippen LogP contribution in [-0.2, 0) is 26.6 Å². The van der Waals surface area contributed by atoms with Crippen molar-refractivity contribution < 1.29 is 19.1 Å². The highest BCUT2D eigenvalue weighted by Gasteiger charge is 2.16. The number of esters is 1. The Labute approximate surface area is 162 Å². The molecule has 0 unspecified atom stereocenters. The molecule has 0 saturated heterocycles. The molecule has 27 heavy (non-hydrogen) atoms. The molecule has 1 atom stereocenters. The number of ether oxygens (including phenoxy) is 1. The van der Waals surface area contributed by atoms with Gasteiger partial charge in [-0.15, -0.1) is 0 Å². The van der Waals surface area contributed by atoms with E-state index in [-0.39, 0.29) is 12.6 Å². The first-order valence-corrected chi connectivity index (χ1v) is 10.0. The minimum absolute atomic E-state index is 0.0512. The number of fused-ring (bicyclic) bond motifs is 1. The molecular formula is C18H24N4O4S. The summed E-state index contributed by atoms with van der Waals surface area (Å²) in [4.78, 5) is 40.0. The Bertz CT molecular complexity index is 821. The third-order valence-corrected chi connectivity index (χ3v) is 4.45. The van der Waals surface area contributed by atoms with E-state index < -0.39 is 24.5 Å². The zero-order valence-electron chi connectivity index (χ0n) is 15.7. The van der Waals surface area contributed by atoms with Gasteiger partial charge in [0, 0.05) is 6.04 Å². The Morgan fingerprint density at radius 3 is 2.74 bits per heavy atom. The predicted molar refractivity (Wildman–Crippen MR) is 104 cm³/mol. The van der Waals surface area contributed by atoms with E-state index in [0.717, 1.165) is 23.3 Å². The van der Waals surface area contributed by atoms with Gasteiger partial charge in [-0.1, -0.05) is 19.1 Å². The van der Waals surface area contributed by atoms with Gasteiger partial charge in [-0.2, -0.15) is 11.8 Å². The van der Waals surface area contributed by atoms with E-state index in [4.69, 9.17) is 4.74 Å². The molecule has 9 heteroatoms. The van der Waals surface area contributed by atoms with E-state index in [1.165, 1.54) is 0 Å². The van der Waals surface area contributed by atoms with E-state index in [1.54, 1.807) is 16.3 Å². The van der Waals surface area contributed by atoms with Crippen molar-refractivity contribution in [2.24, 2.45) is 0 Å². The lowest BCUT2D eigenvalue weighted by molar-refractivity contribution is -0.148. The zero-order valence-corrected chi connectivity index (χ0v) is 16.5. The SMILES string of the molecule is CC[C@@H](C)NC(=O)NC(=O)COC(=O)Cn1c(CSC)nc2ccccc21. The molecular weight excluding hydrogens is 368 g/mol. The number of carbonyl (C=O) groups is 3. The maximum absolute atomic E-state index is 12.2. The second kappa shape index (κ2) is 9.96. The van der Waals surface area contributed by atoms with E-state index in [9.17, 15) is 14.4 Å². The number of carbonyl (C=O) groups excluding carboxylic acids is 3. The van der Waals surface area contributed by atoms with Gasteiger partial charge in [0.05, 0.1) is 16.8 Å². The average molecular weight is 392 g/mol. The average Bonchev–Trinajstić information content (AvgIpc) is 2.97. The smallest absolute Gasteiger partial charge is 0.326 e. The number of hydrogen-bond donors (Lipinski definition) is 2. The molecule has 0 aliphatic heterocycles. The number of benzene rings is 1. The molecule has 0 saturated carbocycles. The van der Waals surface area contributed by atoms with Crippen molar-refractivity contribution >= 4 is 40.7 Å². The number of thioether (sulfide) groups is 1. The van der Waals surface area contributed by atoms with Crippen molar-refractivity contribution in [3.05, 3.63) is 30.1 Å². The van der Waals surface area contributed by atoms with Crippen LogP contribution in [0.5, 0.6) is 0 Å². The van der Waals surface area contributed by atoms with Crippen molar-refractivity contribution in [3.63, 3.8) is 0 Å². The number of imidazole rings is 1. The highest BCUT2D eigenvalue weighted by Crippen LogP contribution is 2.19. The van der Waals surface area contributed by atoms with Crippen molar-refractivity contribution in [1.82, 2.24) is 20.2 Å². The molecule has 0 aliphatic carbocycles. The number of aromatic nitrogens is 2. The van der Waals surface area contributed by atoms with Crippen molar-refractivity contribution in [3.8, 4) is 0 Å². The monoisotopic (exact) mass is 392 g/mol. The van der Waals surface area contributed by atoms with Crippen LogP contribution >= 0.6 is 11.8 Å². The standard InChI is InChI=1S/C18H24N4O4S/c1-4-12(2)19-18(25)21-16(23)10-26-17(24)9-22-14-8-6-5-7-13(14)20-15(22)11-27-3/h5-8,12H,4,9-11H2,1-3H3,(H2,19,21,23,25)/t12-/m1/s1. The van der Waals surface area contributed by atoms with Gasteiger partial charge in [0.2, 0.25) is 0 Å². The summed E-state index contributed by atoms with van der Waals surface area (Å²) in [5.41, 5.74) is 1.63. The summed E-state index contributed by atoms with van der Waals surface area (Å²) in [6.07, 6.45) is 2.70. The Kier molecular flexibility index (Phi) is 7.66. The van der Waals surface area contributed by atoms with E-state index in [2.05, 4.69) is 15.6 Å². The first kappa shape index (κ1) is 20.8. The van der Waals surface area contributed by atoms with Gasteiger partial charge >= 0.3 is 12.0 Å². The van der Waals surface area contributed by atoms with Crippen LogP contribution in [0.4, 0.5) is 4.79 Å². The minimum Gasteiger partial charge on any atom is -0.454 e. The quantitative estimate of drug-likeness (QED) is 0.667. The number of amides is 3. The van der Waals surface area contributed by atoms with E-state index in [1.807, 2.05) is 44.4 Å². The molecule has 146 valence electrons. The maximum Gasteiger partial charge on any atom is 0.326 e. The number of rotatable bonds is 8. The number of para-hydroxylation sites is 2. The summed E-state index contributed by atoms with van der Waals surface area (Å²) in [6, 6.07) is 6.86. The normalized spacial score (nSPS) is 11.8. The fourth-order valence-corrected chi connectivity index (χ4v) is 2.87. The van der Waals surface area contributed by atoms with Gasteiger partial charge in [-0.25, -0.2) is 9.78 Å². The summed E-state index contributed by atoms with van der Waals surface area (Å²) in [7, 11) is 0. The first-order valence-electron chi connectivity index (χ1n) is 8.63. The summed E-state index contributed by atoms with van der Waals surface area (Å²) < 4.78 is 6.78. The van der Waals surface area contributed by atoms with Crippen LogP contribution in [0.1, 0.15) is 26.1 Å². The van der Waals surface area contributed by atoms with Crippen LogP contribution in [0.2, 0.25) is 0 Å². The lowest BCUT2D eigenvalue weighted by Crippen LogP contribution is -2.44. The fourth-order valence-electron chi connectivity index (χ4n) is 2.39. The Morgan fingerprint density at radius 1 is 1.30 bits per heavy atom. The molecule has 0 spiro atoms. The van der Waals surface area contributed by atoms with Crippen LogP contribution in [0, 0.1) is 0 Å². The van der Waals surface area contributed by atoms with Crippen LogP contribution in [0.15, 0.2) is 24.3 Å². The summed E-state index contributed by atoms with van der Waals surface area (Å²) in [5.74, 6) is 0.165. The molecule has 2 rings (SSSR count). The van der Waals surface area contributed by atoms with Crippen LogP contribution < -0.4 is 10.6 Å². The summed E-state index contributed by atoms with van der Waals surface area (Å²) >= 11 is 1.60. The molecule has 0 bridgehead atoms. The van der Waals surface area contributed by atoms with Crippen LogP contribution in [0.25, 0.3) is 11.0 Å². The zero-order chi connectivity index (χ0) is 19.8. The Hall–Kier alpha value is -2.55. The highest BCUT2D eigenvalue weighted by molar-refractivity contribution is 7.97. The number of imide groups is 1. The second-order valence-corrected chi connectivity index (χ2v) is 6.89. The van der Waals surface area contributed by atoms with Gasteiger partial charge < -0.3 is 14.6 Å². The molecule has 0 aliphatic rings. The number of hydrogen-bond acceptors (Lipinski definition) is 6. The molecule has 8 nitrogen and oxygen atoms in total. The van der Waals surface area contributed by atoms with Crippen molar-refractivity contribution in [2.45, 2.75) is 38.6 Å². The minimum atomic E-state index is -0.677. The molecule has 1 aromatic carbocycles. The topological polar surface area (TPSA) is 102 Å². The van der Waals surface area contributed by atoms with Gasteiger partial charge in [0.25, 0.3) is 5.91 Å². The van der Waals surface area contributed by atoms with Crippen molar-refractivity contribution in [1.29, 1.82) is 0 Å². The third kappa shape index (κ3) is 5.99. The lowest BCUT2D eigenvalue weighted by Gasteiger charge is -2.12. The van der Waals surface area contributed by atoms with Crippen molar-refractivity contribution in [2.75, 3.05) is 12.9 Å². The highest BCUT2D eigenvalue weighted by atomic mass is 32.2. The second-order valence-electron chi connectivity index (χ2n) is 6.03. The molecule has 3 amide bonds. The van der Waals surface area contributed by atoms with Gasteiger partial charge in [-0.3, -0.25) is 14.9 Å². The van der Waals surface area contributed by atoms with Gasteiger partial charge in [0.1, 0.15) is 12.4 Å². The van der Waals surface area contributed by atoms with E-state index >= 15 is 0 Å². The molecule has 1 heterocycles. The Morgan fingerprint density at radius 2 is 2.04 bits per heavy atom. The first-order chi connectivity index (χ1) is 12.9. The molecule has 1 aromatic heterocycles. The van der Waals surface area contributed by atoms with Crippen LogP contribution in [0.3, 0.4) is 0 Å². The number of nitrogens with zero attached hydrogens (tertiary/aromatic N) is 2. The molecule has 2 aromatic rings. The molecule has 2 N–H and O–H groups in total.